The van der Waals surface area contributed by atoms with Gasteiger partial charge in [0, 0.05) is 0 Å². The van der Waals surface area contributed by atoms with E-state index in [0.29, 0.717) is 5.76 Å². The maximum Gasteiger partial charge on any atom is 0.270 e. The summed E-state index contributed by atoms with van der Waals surface area (Å²) in [5.74, 6) is -0.480. The molecule has 0 aromatic carbocycles. The molecule has 0 saturated carbocycles. The first-order valence-corrected chi connectivity index (χ1v) is 4.69. The first-order valence-electron chi connectivity index (χ1n) is 4.69. The Morgan fingerprint density at radius 3 is 2.94 bits per heavy atom. The van der Waals surface area contributed by atoms with E-state index in [-0.39, 0.29) is 12.2 Å². The van der Waals surface area contributed by atoms with E-state index in [1.165, 1.54) is 24.5 Å². The fraction of sp³-hybridized carbons (Fsp3) is 0.0909. The lowest BCUT2D eigenvalue weighted by Gasteiger charge is -2.02. The molecule has 0 aliphatic heterocycles. The standard InChI is InChI=1S/C11H9FN2O2/c12-10-5-1-4-9(14-10)11(15)13-7-8-3-2-6-16-8/h1-6H,7H2,(H,13,15). The van der Waals surface area contributed by atoms with Crippen molar-refractivity contribution in [1.29, 1.82) is 0 Å². The van der Waals surface area contributed by atoms with Crippen molar-refractivity contribution in [2.24, 2.45) is 0 Å². The monoisotopic (exact) mass is 220 g/mol. The van der Waals surface area contributed by atoms with Gasteiger partial charge >= 0.3 is 0 Å². The average Bonchev–Trinajstić information content (AvgIpc) is 2.78. The molecule has 0 aliphatic rings. The van der Waals surface area contributed by atoms with Crippen molar-refractivity contribution in [3.63, 3.8) is 0 Å². The lowest BCUT2D eigenvalue weighted by atomic mass is 10.3. The van der Waals surface area contributed by atoms with Gasteiger partial charge in [0.1, 0.15) is 11.5 Å². The maximum absolute atomic E-state index is 12.7. The van der Waals surface area contributed by atoms with Crippen LogP contribution in [0.25, 0.3) is 0 Å². The molecule has 0 unspecified atom stereocenters. The number of nitrogens with one attached hydrogen (secondary N) is 1. The van der Waals surface area contributed by atoms with E-state index >= 15 is 0 Å². The Hall–Kier alpha value is -2.17. The Labute approximate surface area is 91.1 Å². The quantitative estimate of drug-likeness (QED) is 0.801. The van der Waals surface area contributed by atoms with Gasteiger partial charge in [0.15, 0.2) is 0 Å². The maximum atomic E-state index is 12.7. The number of carbonyl (C=O) groups excluding carboxylic acids is 1. The minimum Gasteiger partial charge on any atom is -0.467 e. The zero-order valence-electron chi connectivity index (χ0n) is 8.31. The molecule has 1 amide bonds. The molecule has 2 heterocycles. The van der Waals surface area contributed by atoms with Gasteiger partial charge in [-0.05, 0) is 24.3 Å². The van der Waals surface area contributed by atoms with Gasteiger partial charge in [0.2, 0.25) is 5.95 Å². The normalized spacial score (nSPS) is 10.1. The molecule has 2 rings (SSSR count). The predicted molar refractivity (Wildman–Crippen MR) is 54.1 cm³/mol. The number of rotatable bonds is 3. The minimum absolute atomic E-state index is 0.0477. The smallest absolute Gasteiger partial charge is 0.270 e. The van der Waals surface area contributed by atoms with Gasteiger partial charge < -0.3 is 9.73 Å². The van der Waals surface area contributed by atoms with Gasteiger partial charge in [-0.3, -0.25) is 4.79 Å². The van der Waals surface area contributed by atoms with Crippen LogP contribution in [0.15, 0.2) is 41.0 Å². The van der Waals surface area contributed by atoms with Crippen LogP contribution in [0.3, 0.4) is 0 Å². The molecule has 16 heavy (non-hydrogen) atoms. The molecule has 1 N–H and O–H groups in total. The number of hydrogen-bond acceptors (Lipinski definition) is 3. The summed E-state index contributed by atoms with van der Waals surface area (Å²) in [5, 5.41) is 2.57. The van der Waals surface area contributed by atoms with Gasteiger partial charge in [0.05, 0.1) is 12.8 Å². The minimum atomic E-state index is -0.675. The molecule has 82 valence electrons. The molecular weight excluding hydrogens is 211 g/mol. The molecule has 0 saturated heterocycles. The Balaban J connectivity index is 1.98. The van der Waals surface area contributed by atoms with E-state index < -0.39 is 11.9 Å². The highest BCUT2D eigenvalue weighted by atomic mass is 19.1. The fourth-order valence-electron chi connectivity index (χ4n) is 1.21. The Bertz CT molecular complexity index is 482. The fourth-order valence-corrected chi connectivity index (χ4v) is 1.21. The van der Waals surface area contributed by atoms with Gasteiger partial charge in [-0.2, -0.15) is 4.39 Å². The molecule has 2 aromatic heterocycles. The molecule has 0 atom stereocenters. The predicted octanol–water partition coefficient (Wildman–Crippen LogP) is 1.74. The van der Waals surface area contributed by atoms with Crippen molar-refractivity contribution in [1.82, 2.24) is 10.3 Å². The number of pyridine rings is 1. The third-order valence-corrected chi connectivity index (χ3v) is 1.95. The van der Waals surface area contributed by atoms with Crippen molar-refractivity contribution in [3.8, 4) is 0 Å². The topological polar surface area (TPSA) is 55.1 Å². The zero-order valence-corrected chi connectivity index (χ0v) is 8.31. The molecule has 5 heteroatoms. The van der Waals surface area contributed by atoms with Crippen LogP contribution in [0, 0.1) is 5.95 Å². The Morgan fingerprint density at radius 1 is 1.38 bits per heavy atom. The lowest BCUT2D eigenvalue weighted by molar-refractivity contribution is 0.0942. The van der Waals surface area contributed by atoms with Crippen LogP contribution in [0.5, 0.6) is 0 Å². The summed E-state index contributed by atoms with van der Waals surface area (Å²) in [6, 6.07) is 7.52. The first kappa shape index (κ1) is 10.4. The van der Waals surface area contributed by atoms with Crippen LogP contribution in [0.4, 0.5) is 4.39 Å². The summed E-state index contributed by atoms with van der Waals surface area (Å²) in [6.45, 7) is 0.254. The number of furan rings is 1. The van der Waals surface area contributed by atoms with Crippen LogP contribution in [0.2, 0.25) is 0 Å². The van der Waals surface area contributed by atoms with Crippen LogP contribution in [-0.4, -0.2) is 10.9 Å². The van der Waals surface area contributed by atoms with Gasteiger partial charge in [-0.15, -0.1) is 0 Å². The number of aromatic nitrogens is 1. The number of hydrogen-bond donors (Lipinski definition) is 1. The van der Waals surface area contributed by atoms with Crippen LogP contribution in [-0.2, 0) is 6.54 Å². The van der Waals surface area contributed by atoms with E-state index in [1.807, 2.05) is 0 Å². The van der Waals surface area contributed by atoms with E-state index in [1.54, 1.807) is 12.1 Å². The number of amides is 1. The van der Waals surface area contributed by atoms with Gasteiger partial charge in [-0.1, -0.05) is 6.07 Å². The molecule has 0 bridgehead atoms. The molecule has 0 radical (unpaired) electrons. The number of nitrogens with zero attached hydrogens (tertiary/aromatic N) is 1. The zero-order chi connectivity index (χ0) is 11.4. The molecule has 0 aliphatic carbocycles. The van der Waals surface area contributed by atoms with Crippen molar-refractivity contribution >= 4 is 5.91 Å². The van der Waals surface area contributed by atoms with Crippen molar-refractivity contribution in [2.75, 3.05) is 0 Å². The molecular formula is C11H9FN2O2. The van der Waals surface area contributed by atoms with E-state index in [4.69, 9.17) is 4.42 Å². The van der Waals surface area contributed by atoms with E-state index in [2.05, 4.69) is 10.3 Å². The largest absolute Gasteiger partial charge is 0.467 e. The second-order valence-corrected chi connectivity index (χ2v) is 3.11. The van der Waals surface area contributed by atoms with Crippen LogP contribution >= 0.6 is 0 Å². The average molecular weight is 220 g/mol. The van der Waals surface area contributed by atoms with Crippen LogP contribution in [0.1, 0.15) is 16.2 Å². The van der Waals surface area contributed by atoms with E-state index in [0.717, 1.165) is 0 Å². The summed E-state index contributed by atoms with van der Waals surface area (Å²) in [5.41, 5.74) is 0.0477. The van der Waals surface area contributed by atoms with Crippen molar-refractivity contribution in [2.45, 2.75) is 6.54 Å². The molecule has 0 fully saturated rings. The highest BCUT2D eigenvalue weighted by Gasteiger charge is 2.07. The highest BCUT2D eigenvalue weighted by Crippen LogP contribution is 2.01. The molecule has 0 spiro atoms. The first-order chi connectivity index (χ1) is 7.75. The van der Waals surface area contributed by atoms with Crippen LogP contribution < -0.4 is 5.32 Å². The van der Waals surface area contributed by atoms with Gasteiger partial charge in [0.25, 0.3) is 5.91 Å². The summed E-state index contributed by atoms with van der Waals surface area (Å²) in [4.78, 5) is 15.0. The summed E-state index contributed by atoms with van der Waals surface area (Å²) < 4.78 is 17.8. The second-order valence-electron chi connectivity index (χ2n) is 3.11. The Kier molecular flexibility index (Phi) is 2.95. The SMILES string of the molecule is O=C(NCc1ccco1)c1cccc(F)n1. The van der Waals surface area contributed by atoms with Crippen molar-refractivity contribution in [3.05, 3.63) is 54.0 Å². The number of carbonyl (C=O) groups is 1. The summed E-state index contributed by atoms with van der Waals surface area (Å²) in [6.07, 6.45) is 1.52. The third kappa shape index (κ3) is 2.44. The summed E-state index contributed by atoms with van der Waals surface area (Å²) in [7, 11) is 0. The lowest BCUT2D eigenvalue weighted by Crippen LogP contribution is -2.23. The second kappa shape index (κ2) is 4.57. The number of halogens is 1. The highest BCUT2D eigenvalue weighted by molar-refractivity contribution is 5.92. The Morgan fingerprint density at radius 2 is 2.25 bits per heavy atom. The molecule has 2 aromatic rings. The van der Waals surface area contributed by atoms with Gasteiger partial charge in [-0.25, -0.2) is 4.98 Å². The van der Waals surface area contributed by atoms with E-state index in [9.17, 15) is 9.18 Å². The molecule has 4 nitrogen and oxygen atoms in total. The van der Waals surface area contributed by atoms with Crippen molar-refractivity contribution < 1.29 is 13.6 Å². The third-order valence-electron chi connectivity index (χ3n) is 1.95. The summed E-state index contributed by atoms with van der Waals surface area (Å²) >= 11 is 0.